The van der Waals surface area contributed by atoms with Gasteiger partial charge in [0.05, 0.1) is 18.5 Å². The number of carbonyl (C=O) groups is 1. The Bertz CT molecular complexity index is 786. The lowest BCUT2D eigenvalue weighted by molar-refractivity contribution is 0.0602. The summed E-state index contributed by atoms with van der Waals surface area (Å²) in [4.78, 5) is 15.4. The molecule has 0 aromatic carbocycles. The van der Waals surface area contributed by atoms with E-state index in [1.165, 1.54) is 30.7 Å². The summed E-state index contributed by atoms with van der Waals surface area (Å²) in [6.07, 6.45) is 0. The summed E-state index contributed by atoms with van der Waals surface area (Å²) < 4.78 is 31.7. The number of anilines is 1. The number of aryl methyl sites for hydroxylation is 1. The van der Waals surface area contributed by atoms with E-state index >= 15 is 0 Å². The molecule has 112 valence electrons. The van der Waals surface area contributed by atoms with Gasteiger partial charge in [0.1, 0.15) is 14.9 Å². The minimum absolute atomic E-state index is 0.0181. The number of thiophene rings is 1. The zero-order chi connectivity index (χ0) is 15.6. The van der Waals surface area contributed by atoms with Crippen LogP contribution in [0.2, 0.25) is 5.15 Å². The Hall–Kier alpha value is -1.64. The standard InChI is InChI=1S/C12H11ClN2O4S2/c1-7-8(3-4-10(13)14-7)15-21(17,18)9-5-6-20-11(9)12(16)19-2/h3-6,15H,1-2H3. The highest BCUT2D eigenvalue weighted by atomic mass is 35.5. The van der Waals surface area contributed by atoms with Crippen molar-refractivity contribution >= 4 is 44.6 Å². The summed E-state index contributed by atoms with van der Waals surface area (Å²) in [5.41, 5.74) is 0.724. The monoisotopic (exact) mass is 346 g/mol. The predicted octanol–water partition coefficient (Wildman–Crippen LogP) is 2.69. The van der Waals surface area contributed by atoms with E-state index in [1.54, 1.807) is 6.92 Å². The van der Waals surface area contributed by atoms with E-state index in [0.717, 1.165) is 11.3 Å². The van der Waals surface area contributed by atoms with E-state index in [-0.39, 0.29) is 14.9 Å². The first-order chi connectivity index (χ1) is 9.85. The van der Waals surface area contributed by atoms with Crippen LogP contribution >= 0.6 is 22.9 Å². The molecule has 0 unspecified atom stereocenters. The first-order valence-electron chi connectivity index (χ1n) is 5.67. The molecule has 0 bridgehead atoms. The van der Waals surface area contributed by atoms with Gasteiger partial charge < -0.3 is 4.74 Å². The Kier molecular flexibility index (Phi) is 4.50. The Labute approximate surface area is 130 Å². The molecule has 0 fully saturated rings. The highest BCUT2D eigenvalue weighted by Gasteiger charge is 2.25. The predicted molar refractivity (Wildman–Crippen MR) is 80.5 cm³/mol. The summed E-state index contributed by atoms with van der Waals surface area (Å²) in [6.45, 7) is 1.62. The summed E-state index contributed by atoms with van der Waals surface area (Å²) >= 11 is 6.72. The van der Waals surface area contributed by atoms with Crippen LogP contribution in [0.4, 0.5) is 5.69 Å². The van der Waals surface area contributed by atoms with Crippen molar-refractivity contribution in [3.63, 3.8) is 0 Å². The molecule has 0 aliphatic carbocycles. The number of rotatable bonds is 4. The third-order valence-corrected chi connectivity index (χ3v) is 5.23. The molecule has 0 aliphatic heterocycles. The number of hydrogen-bond donors (Lipinski definition) is 1. The lowest BCUT2D eigenvalue weighted by Gasteiger charge is -2.10. The fraction of sp³-hybridized carbons (Fsp3) is 0.167. The minimum Gasteiger partial charge on any atom is -0.465 e. The number of nitrogens with zero attached hydrogens (tertiary/aromatic N) is 1. The lowest BCUT2D eigenvalue weighted by atomic mass is 10.3. The molecular formula is C12H11ClN2O4S2. The molecule has 0 radical (unpaired) electrons. The van der Waals surface area contributed by atoms with Crippen molar-refractivity contribution < 1.29 is 17.9 Å². The molecule has 6 nitrogen and oxygen atoms in total. The van der Waals surface area contributed by atoms with Gasteiger partial charge >= 0.3 is 5.97 Å². The topological polar surface area (TPSA) is 85.4 Å². The summed E-state index contributed by atoms with van der Waals surface area (Å²) in [5, 5.41) is 1.77. The van der Waals surface area contributed by atoms with Gasteiger partial charge in [-0.25, -0.2) is 18.2 Å². The van der Waals surface area contributed by atoms with Gasteiger partial charge in [-0.2, -0.15) is 0 Å². The normalized spacial score (nSPS) is 11.2. The number of methoxy groups -OCH3 is 1. The van der Waals surface area contributed by atoms with Gasteiger partial charge in [-0.05, 0) is 30.5 Å². The van der Waals surface area contributed by atoms with Crippen molar-refractivity contribution in [1.29, 1.82) is 0 Å². The molecule has 1 N–H and O–H groups in total. The summed E-state index contributed by atoms with van der Waals surface area (Å²) in [5.74, 6) is -0.698. The molecule has 0 atom stereocenters. The van der Waals surface area contributed by atoms with Crippen molar-refractivity contribution in [1.82, 2.24) is 4.98 Å². The molecule has 0 saturated heterocycles. The molecule has 9 heteroatoms. The SMILES string of the molecule is COC(=O)c1sccc1S(=O)(=O)Nc1ccc(Cl)nc1C. The second-order valence-electron chi connectivity index (χ2n) is 3.98. The van der Waals surface area contributed by atoms with Crippen molar-refractivity contribution in [3.05, 3.63) is 39.3 Å². The van der Waals surface area contributed by atoms with Crippen LogP contribution in [0.25, 0.3) is 0 Å². The van der Waals surface area contributed by atoms with Gasteiger partial charge in [-0.1, -0.05) is 11.6 Å². The van der Waals surface area contributed by atoms with Gasteiger partial charge in [-0.3, -0.25) is 4.72 Å². The van der Waals surface area contributed by atoms with Crippen molar-refractivity contribution in [2.75, 3.05) is 11.8 Å². The summed E-state index contributed by atoms with van der Waals surface area (Å²) in [7, 11) is -2.72. The van der Waals surface area contributed by atoms with E-state index in [9.17, 15) is 13.2 Å². The fourth-order valence-electron chi connectivity index (χ4n) is 1.59. The Morgan fingerprint density at radius 1 is 1.38 bits per heavy atom. The quantitative estimate of drug-likeness (QED) is 0.679. The van der Waals surface area contributed by atoms with Gasteiger partial charge in [0.15, 0.2) is 0 Å². The van der Waals surface area contributed by atoms with Crippen LogP contribution in [0.3, 0.4) is 0 Å². The van der Waals surface area contributed by atoms with Crippen LogP contribution in [0.5, 0.6) is 0 Å². The molecule has 21 heavy (non-hydrogen) atoms. The maximum Gasteiger partial charge on any atom is 0.349 e. The van der Waals surface area contributed by atoms with Crippen LogP contribution in [0.15, 0.2) is 28.5 Å². The van der Waals surface area contributed by atoms with Crippen molar-refractivity contribution in [3.8, 4) is 0 Å². The maximum atomic E-state index is 12.4. The molecule has 2 heterocycles. The number of sulfonamides is 1. The Morgan fingerprint density at radius 3 is 2.71 bits per heavy atom. The number of pyridine rings is 1. The average molecular weight is 347 g/mol. The van der Waals surface area contributed by atoms with Crippen LogP contribution in [0.1, 0.15) is 15.4 Å². The first-order valence-corrected chi connectivity index (χ1v) is 8.41. The fourth-order valence-corrected chi connectivity index (χ4v) is 4.23. The number of ether oxygens (including phenoxy) is 1. The van der Waals surface area contributed by atoms with Gasteiger partial charge in [0.2, 0.25) is 0 Å². The number of halogens is 1. The van der Waals surface area contributed by atoms with Gasteiger partial charge in [0.25, 0.3) is 10.0 Å². The highest BCUT2D eigenvalue weighted by molar-refractivity contribution is 7.93. The molecule has 0 spiro atoms. The molecule has 2 aromatic heterocycles. The molecule has 2 aromatic rings. The number of aromatic nitrogens is 1. The third-order valence-electron chi connectivity index (χ3n) is 2.59. The molecule has 0 amide bonds. The van der Waals surface area contributed by atoms with Crippen LogP contribution < -0.4 is 4.72 Å². The minimum atomic E-state index is -3.91. The summed E-state index contributed by atoms with van der Waals surface area (Å²) in [6, 6.07) is 4.32. The van der Waals surface area contributed by atoms with E-state index in [2.05, 4.69) is 14.4 Å². The molecule has 2 rings (SSSR count). The third kappa shape index (κ3) is 3.34. The maximum absolute atomic E-state index is 12.4. The van der Waals surface area contributed by atoms with Crippen LogP contribution in [0, 0.1) is 6.92 Å². The zero-order valence-corrected chi connectivity index (χ0v) is 13.5. The van der Waals surface area contributed by atoms with E-state index in [0.29, 0.717) is 11.4 Å². The zero-order valence-electron chi connectivity index (χ0n) is 11.1. The van der Waals surface area contributed by atoms with Gasteiger partial charge in [0, 0.05) is 0 Å². The average Bonchev–Trinajstić information content (AvgIpc) is 2.91. The molecular weight excluding hydrogens is 336 g/mol. The smallest absolute Gasteiger partial charge is 0.349 e. The number of carbonyl (C=O) groups excluding carboxylic acids is 1. The number of nitrogens with one attached hydrogen (secondary N) is 1. The molecule has 0 aliphatic rings. The molecule has 0 saturated carbocycles. The number of hydrogen-bond acceptors (Lipinski definition) is 6. The second-order valence-corrected chi connectivity index (χ2v) is 6.93. The van der Waals surface area contributed by atoms with Gasteiger partial charge in [-0.15, -0.1) is 11.3 Å². The van der Waals surface area contributed by atoms with Crippen molar-refractivity contribution in [2.45, 2.75) is 11.8 Å². The van der Waals surface area contributed by atoms with E-state index < -0.39 is 16.0 Å². The van der Waals surface area contributed by atoms with E-state index in [1.807, 2.05) is 0 Å². The lowest BCUT2D eigenvalue weighted by Crippen LogP contribution is -2.16. The van der Waals surface area contributed by atoms with Crippen molar-refractivity contribution in [2.24, 2.45) is 0 Å². The van der Waals surface area contributed by atoms with Crippen LogP contribution in [-0.2, 0) is 14.8 Å². The van der Waals surface area contributed by atoms with Crippen LogP contribution in [-0.4, -0.2) is 26.5 Å². The Morgan fingerprint density at radius 2 is 2.10 bits per heavy atom. The largest absolute Gasteiger partial charge is 0.465 e. The first kappa shape index (κ1) is 15.7. The van der Waals surface area contributed by atoms with E-state index in [4.69, 9.17) is 11.6 Å². The Balaban J connectivity index is 2.39. The second kappa shape index (κ2) is 6.00. The number of esters is 1. The highest BCUT2D eigenvalue weighted by Crippen LogP contribution is 2.26.